The summed E-state index contributed by atoms with van der Waals surface area (Å²) < 4.78 is 10.9. The van der Waals surface area contributed by atoms with Gasteiger partial charge < -0.3 is 14.1 Å². The summed E-state index contributed by atoms with van der Waals surface area (Å²) in [5, 5.41) is 5.11. The van der Waals surface area contributed by atoms with Crippen LogP contribution >= 0.6 is 11.3 Å². The van der Waals surface area contributed by atoms with E-state index in [4.69, 9.17) is 14.1 Å². The van der Waals surface area contributed by atoms with E-state index in [9.17, 15) is 4.79 Å². The molecule has 7 nitrogen and oxygen atoms in total. The molecule has 1 aliphatic heterocycles. The molecule has 0 radical (unpaired) electrons. The van der Waals surface area contributed by atoms with Crippen molar-refractivity contribution in [3.8, 4) is 11.3 Å². The number of nitrogens with one attached hydrogen (secondary N) is 1. The Kier molecular flexibility index (Phi) is 5.73. The molecule has 3 aromatic rings. The fourth-order valence-corrected chi connectivity index (χ4v) is 4.18. The minimum Gasteiger partial charge on any atom is -0.466 e. The Morgan fingerprint density at radius 3 is 2.69 bits per heavy atom. The number of thiazole rings is 1. The Morgan fingerprint density at radius 2 is 2.00 bits per heavy atom. The molecule has 0 bridgehead atoms. The fraction of sp³-hybridized carbons (Fsp3) is 0.286. The molecule has 1 saturated heterocycles. The molecule has 0 saturated carbocycles. The van der Waals surface area contributed by atoms with Crippen LogP contribution in [0.2, 0.25) is 0 Å². The van der Waals surface area contributed by atoms with Gasteiger partial charge in [-0.25, -0.2) is 10.4 Å². The third-order valence-corrected chi connectivity index (χ3v) is 5.66. The topological polar surface area (TPSA) is 80.0 Å². The van der Waals surface area contributed by atoms with Gasteiger partial charge in [0.2, 0.25) is 0 Å². The molecule has 0 spiro atoms. The van der Waals surface area contributed by atoms with Crippen LogP contribution in [-0.4, -0.2) is 43.4 Å². The molecule has 1 fully saturated rings. The van der Waals surface area contributed by atoms with Crippen LogP contribution in [0.3, 0.4) is 0 Å². The number of ether oxygens (including phenoxy) is 1. The summed E-state index contributed by atoms with van der Waals surface area (Å²) in [6, 6.07) is 11.7. The summed E-state index contributed by atoms with van der Waals surface area (Å²) in [6.07, 6.45) is 1.66. The van der Waals surface area contributed by atoms with Crippen LogP contribution in [0, 0.1) is 13.8 Å². The van der Waals surface area contributed by atoms with Gasteiger partial charge in [-0.15, -0.1) is 0 Å². The van der Waals surface area contributed by atoms with Gasteiger partial charge in [0.05, 0.1) is 35.6 Å². The van der Waals surface area contributed by atoms with Gasteiger partial charge in [0.15, 0.2) is 5.13 Å². The molecule has 0 unspecified atom stereocenters. The number of aromatic nitrogens is 1. The van der Waals surface area contributed by atoms with Crippen LogP contribution in [0.4, 0.5) is 5.13 Å². The first-order valence-electron chi connectivity index (χ1n) is 9.41. The molecular weight excluding hydrogens is 388 g/mol. The van der Waals surface area contributed by atoms with Crippen molar-refractivity contribution in [3.05, 3.63) is 58.4 Å². The lowest BCUT2D eigenvalue weighted by atomic mass is 10.1. The second-order valence-corrected chi connectivity index (χ2v) is 7.71. The lowest BCUT2D eigenvalue weighted by Gasteiger charge is -2.26. The molecule has 29 heavy (non-hydrogen) atoms. The maximum absolute atomic E-state index is 12.4. The summed E-state index contributed by atoms with van der Waals surface area (Å²) in [7, 11) is 0. The maximum Gasteiger partial charge on any atom is 0.274 e. The Morgan fingerprint density at radius 1 is 1.24 bits per heavy atom. The van der Waals surface area contributed by atoms with E-state index in [1.165, 1.54) is 0 Å². The summed E-state index contributed by atoms with van der Waals surface area (Å²) in [5.41, 5.74) is 4.94. The predicted octanol–water partition coefficient (Wildman–Crippen LogP) is 3.62. The highest BCUT2D eigenvalue weighted by molar-refractivity contribution is 7.17. The third-order valence-electron chi connectivity index (χ3n) is 4.60. The lowest BCUT2D eigenvalue weighted by Crippen LogP contribution is -2.36. The van der Waals surface area contributed by atoms with E-state index >= 15 is 0 Å². The van der Waals surface area contributed by atoms with Crippen LogP contribution in [0.5, 0.6) is 0 Å². The van der Waals surface area contributed by atoms with Gasteiger partial charge in [-0.2, -0.15) is 5.10 Å². The number of benzene rings is 1. The van der Waals surface area contributed by atoms with Crippen molar-refractivity contribution in [1.29, 1.82) is 0 Å². The Labute approximate surface area is 173 Å². The molecule has 1 aliphatic rings. The number of rotatable bonds is 5. The zero-order valence-corrected chi connectivity index (χ0v) is 17.2. The van der Waals surface area contributed by atoms with Gasteiger partial charge in [-0.05, 0) is 19.9 Å². The lowest BCUT2D eigenvalue weighted by molar-refractivity contribution is 0.0953. The van der Waals surface area contributed by atoms with E-state index in [0.29, 0.717) is 30.3 Å². The number of carbonyl (C=O) groups is 1. The average Bonchev–Trinajstić information content (AvgIpc) is 3.32. The minimum atomic E-state index is -0.297. The number of aryl methyl sites for hydroxylation is 2. The number of hydrogen-bond acceptors (Lipinski definition) is 7. The third kappa shape index (κ3) is 4.38. The number of hydrazone groups is 1. The molecule has 1 N–H and O–H groups in total. The Hall–Kier alpha value is -2.97. The van der Waals surface area contributed by atoms with Crippen LogP contribution in [0.25, 0.3) is 11.3 Å². The van der Waals surface area contributed by atoms with Crippen molar-refractivity contribution in [2.45, 2.75) is 13.8 Å². The molecule has 2 aromatic heterocycles. The average molecular weight is 410 g/mol. The van der Waals surface area contributed by atoms with Crippen molar-refractivity contribution in [1.82, 2.24) is 10.4 Å². The smallest absolute Gasteiger partial charge is 0.274 e. The van der Waals surface area contributed by atoms with Crippen LogP contribution < -0.4 is 10.3 Å². The number of anilines is 1. The fourth-order valence-electron chi connectivity index (χ4n) is 3.17. The normalized spacial score (nSPS) is 14.5. The second-order valence-electron chi connectivity index (χ2n) is 6.70. The van der Waals surface area contributed by atoms with Crippen molar-refractivity contribution < 1.29 is 13.9 Å². The number of nitrogens with zero attached hydrogens (tertiary/aromatic N) is 3. The van der Waals surface area contributed by atoms with Crippen LogP contribution in [-0.2, 0) is 4.74 Å². The van der Waals surface area contributed by atoms with E-state index < -0.39 is 0 Å². The first-order chi connectivity index (χ1) is 14.1. The Balaban J connectivity index is 1.58. The predicted molar refractivity (Wildman–Crippen MR) is 114 cm³/mol. The number of furan rings is 1. The monoisotopic (exact) mass is 410 g/mol. The molecule has 0 aliphatic carbocycles. The van der Waals surface area contributed by atoms with E-state index in [-0.39, 0.29) is 5.91 Å². The van der Waals surface area contributed by atoms with E-state index in [1.807, 2.05) is 37.3 Å². The van der Waals surface area contributed by atoms with Crippen molar-refractivity contribution in [2.75, 3.05) is 31.2 Å². The van der Waals surface area contributed by atoms with E-state index in [1.54, 1.807) is 30.5 Å². The van der Waals surface area contributed by atoms with Crippen molar-refractivity contribution in [2.24, 2.45) is 5.10 Å². The standard InChI is InChI=1S/C21H22N4O3S/c1-14-12-17(15(2)28-14)20(26)24-22-13-18-19(16-6-4-3-5-7-16)23-21(29-18)25-8-10-27-11-9-25/h3-7,12-13H,8-11H2,1-2H3,(H,24,26)/b22-13-. The highest BCUT2D eigenvalue weighted by atomic mass is 32.1. The molecule has 150 valence electrons. The largest absolute Gasteiger partial charge is 0.466 e. The number of amides is 1. The maximum atomic E-state index is 12.4. The van der Waals surface area contributed by atoms with Crippen LogP contribution in [0.1, 0.15) is 26.8 Å². The highest BCUT2D eigenvalue weighted by Gasteiger charge is 2.19. The quantitative estimate of drug-likeness (QED) is 0.513. The van der Waals surface area contributed by atoms with Crippen LogP contribution in [0.15, 0.2) is 45.9 Å². The summed E-state index contributed by atoms with van der Waals surface area (Å²) in [4.78, 5) is 20.3. The van der Waals surface area contributed by atoms with Crippen molar-refractivity contribution >= 4 is 28.6 Å². The zero-order chi connectivity index (χ0) is 20.2. The number of hydrogen-bond donors (Lipinski definition) is 1. The number of morpholine rings is 1. The molecular formula is C21H22N4O3S. The van der Waals surface area contributed by atoms with Gasteiger partial charge in [-0.1, -0.05) is 41.7 Å². The van der Waals surface area contributed by atoms with E-state index in [0.717, 1.165) is 34.4 Å². The van der Waals surface area contributed by atoms with E-state index in [2.05, 4.69) is 15.4 Å². The summed E-state index contributed by atoms with van der Waals surface area (Å²) in [6.45, 7) is 6.59. The highest BCUT2D eigenvalue weighted by Crippen LogP contribution is 2.32. The second kappa shape index (κ2) is 8.59. The zero-order valence-electron chi connectivity index (χ0n) is 16.3. The van der Waals surface area contributed by atoms with Gasteiger partial charge in [0.25, 0.3) is 5.91 Å². The first kappa shape index (κ1) is 19.4. The Bertz CT molecular complexity index is 1020. The molecule has 8 heteroatoms. The van der Waals surface area contributed by atoms with Gasteiger partial charge in [0.1, 0.15) is 11.5 Å². The SMILES string of the molecule is Cc1cc(C(=O)N/N=C\c2sc(N3CCOCC3)nc2-c2ccccc2)c(C)o1. The van der Waals surface area contributed by atoms with Gasteiger partial charge >= 0.3 is 0 Å². The molecule has 0 atom stereocenters. The van der Waals surface area contributed by atoms with Gasteiger partial charge in [-0.3, -0.25) is 4.79 Å². The minimum absolute atomic E-state index is 0.297. The molecule has 3 heterocycles. The molecule has 1 amide bonds. The molecule has 4 rings (SSSR count). The summed E-state index contributed by atoms with van der Waals surface area (Å²) >= 11 is 1.56. The molecule has 1 aromatic carbocycles. The first-order valence-corrected chi connectivity index (χ1v) is 10.2. The number of carbonyl (C=O) groups excluding carboxylic acids is 1. The van der Waals surface area contributed by atoms with Gasteiger partial charge in [0, 0.05) is 18.7 Å². The summed E-state index contributed by atoms with van der Waals surface area (Å²) in [5.74, 6) is 0.975. The van der Waals surface area contributed by atoms with Crippen molar-refractivity contribution in [3.63, 3.8) is 0 Å².